The van der Waals surface area contributed by atoms with Crippen molar-refractivity contribution in [2.45, 2.75) is 284 Å². The molecule has 0 amide bonds. The van der Waals surface area contributed by atoms with E-state index in [0.717, 1.165) is 83.8 Å². The van der Waals surface area contributed by atoms with E-state index in [1.807, 2.05) is 0 Å². The molecule has 0 aromatic carbocycles. The van der Waals surface area contributed by atoms with Crippen LogP contribution in [-0.2, 0) is 19.1 Å². The van der Waals surface area contributed by atoms with Gasteiger partial charge in [-0.15, -0.1) is 0 Å². The molecule has 6 nitrogen and oxygen atoms in total. The minimum absolute atomic E-state index is 0.0309. The molecule has 0 fully saturated rings. The van der Waals surface area contributed by atoms with Gasteiger partial charge in [-0.2, -0.15) is 0 Å². The van der Waals surface area contributed by atoms with Crippen LogP contribution in [0.3, 0.4) is 0 Å². The third-order valence-corrected chi connectivity index (χ3v) is 12.4. The van der Waals surface area contributed by atoms with Crippen molar-refractivity contribution >= 4 is 11.9 Å². The molecule has 0 radical (unpaired) electrons. The molecule has 0 spiro atoms. The van der Waals surface area contributed by atoms with Crippen molar-refractivity contribution in [1.29, 1.82) is 0 Å². The van der Waals surface area contributed by atoms with E-state index in [4.69, 9.17) is 15.2 Å². The Hall–Kier alpha value is -1.14. The summed E-state index contributed by atoms with van der Waals surface area (Å²) in [5.41, 5.74) is 5.97. The standard InChI is InChI=1S/C52H104N2O4/c1-5-9-13-17-23-31-39-49(40-32-24-18-14-10-6-2)52(56)57-48-38-30-22-29-37-46-54(47-44-53)45-36-28-21-27-35-43-51(55)58-50(41-33-25-19-15-11-7-3)42-34-26-20-16-12-8-4/h49-50H,5-48,53H2,1-4H3. The molecule has 2 N–H and O–H groups in total. The zero-order valence-corrected chi connectivity index (χ0v) is 39.9. The molecular weight excluding hydrogens is 717 g/mol. The van der Waals surface area contributed by atoms with Crippen molar-refractivity contribution in [3.8, 4) is 0 Å². The number of esters is 2. The van der Waals surface area contributed by atoms with E-state index < -0.39 is 0 Å². The van der Waals surface area contributed by atoms with Gasteiger partial charge in [0.15, 0.2) is 0 Å². The van der Waals surface area contributed by atoms with Gasteiger partial charge >= 0.3 is 11.9 Å². The fourth-order valence-corrected chi connectivity index (χ4v) is 8.45. The van der Waals surface area contributed by atoms with E-state index in [9.17, 15) is 9.59 Å². The lowest BCUT2D eigenvalue weighted by molar-refractivity contribution is -0.150. The minimum Gasteiger partial charge on any atom is -0.465 e. The highest BCUT2D eigenvalue weighted by Gasteiger charge is 2.19. The first kappa shape index (κ1) is 56.9. The lowest BCUT2D eigenvalue weighted by atomic mass is 9.94. The Labute approximate surface area is 363 Å². The summed E-state index contributed by atoms with van der Waals surface area (Å²) < 4.78 is 11.9. The van der Waals surface area contributed by atoms with Gasteiger partial charge in [-0.3, -0.25) is 9.59 Å². The number of carbonyl (C=O) groups is 2. The van der Waals surface area contributed by atoms with Crippen LogP contribution >= 0.6 is 0 Å². The van der Waals surface area contributed by atoms with E-state index in [1.54, 1.807) is 0 Å². The zero-order valence-electron chi connectivity index (χ0n) is 39.9. The van der Waals surface area contributed by atoms with E-state index in [-0.39, 0.29) is 24.0 Å². The highest BCUT2D eigenvalue weighted by atomic mass is 16.5. The average Bonchev–Trinajstić information content (AvgIpc) is 3.22. The van der Waals surface area contributed by atoms with Gasteiger partial charge in [-0.1, -0.05) is 207 Å². The second-order valence-corrected chi connectivity index (χ2v) is 18.1. The molecule has 0 aliphatic carbocycles. The highest BCUT2D eigenvalue weighted by molar-refractivity contribution is 5.72. The van der Waals surface area contributed by atoms with E-state index in [0.29, 0.717) is 19.6 Å². The van der Waals surface area contributed by atoms with Crippen molar-refractivity contribution < 1.29 is 19.1 Å². The first-order valence-electron chi connectivity index (χ1n) is 26.3. The summed E-state index contributed by atoms with van der Waals surface area (Å²) in [7, 11) is 0. The Morgan fingerprint density at radius 2 is 0.793 bits per heavy atom. The van der Waals surface area contributed by atoms with Gasteiger partial charge in [0.2, 0.25) is 0 Å². The molecule has 0 aliphatic rings. The lowest BCUT2D eigenvalue weighted by Crippen LogP contribution is -2.31. The number of nitrogens with zero attached hydrogens (tertiary/aromatic N) is 1. The van der Waals surface area contributed by atoms with Crippen molar-refractivity contribution in [2.75, 3.05) is 32.8 Å². The topological polar surface area (TPSA) is 81.9 Å². The second kappa shape index (κ2) is 46.9. The van der Waals surface area contributed by atoms with E-state index in [1.165, 1.54) is 180 Å². The van der Waals surface area contributed by atoms with Crippen LogP contribution in [0.5, 0.6) is 0 Å². The Balaban J connectivity index is 4.20. The molecule has 0 aromatic rings. The number of hydrogen-bond acceptors (Lipinski definition) is 6. The minimum atomic E-state index is 0.0309. The SMILES string of the molecule is CCCCCCCCC(CCCCCCCC)OC(=O)CCCCCCCN(CCN)CCCCCCCOC(=O)C(CCCCCCCC)CCCCCCCC. The number of carbonyl (C=O) groups excluding carboxylic acids is 2. The molecule has 0 heterocycles. The fourth-order valence-electron chi connectivity index (χ4n) is 8.45. The number of rotatable bonds is 48. The van der Waals surface area contributed by atoms with Crippen molar-refractivity contribution in [1.82, 2.24) is 4.90 Å². The third kappa shape index (κ3) is 40.3. The first-order chi connectivity index (χ1) is 28.5. The van der Waals surface area contributed by atoms with Gasteiger partial charge < -0.3 is 20.1 Å². The van der Waals surface area contributed by atoms with Crippen molar-refractivity contribution in [3.05, 3.63) is 0 Å². The second-order valence-electron chi connectivity index (χ2n) is 18.1. The number of hydrogen-bond donors (Lipinski definition) is 1. The molecular formula is C52H104N2O4. The zero-order chi connectivity index (χ0) is 42.4. The maximum absolute atomic E-state index is 13.0. The monoisotopic (exact) mass is 821 g/mol. The molecule has 6 heteroatoms. The molecule has 0 saturated heterocycles. The molecule has 0 aromatic heterocycles. The predicted molar refractivity (Wildman–Crippen MR) is 253 cm³/mol. The van der Waals surface area contributed by atoms with Gasteiger partial charge in [0.1, 0.15) is 6.10 Å². The van der Waals surface area contributed by atoms with Crippen LogP contribution < -0.4 is 5.73 Å². The van der Waals surface area contributed by atoms with Crippen molar-refractivity contribution in [3.63, 3.8) is 0 Å². The number of ether oxygens (including phenoxy) is 2. The molecule has 0 unspecified atom stereocenters. The smallest absolute Gasteiger partial charge is 0.308 e. The summed E-state index contributed by atoms with van der Waals surface area (Å²) >= 11 is 0. The summed E-state index contributed by atoms with van der Waals surface area (Å²) in [5, 5.41) is 0. The summed E-state index contributed by atoms with van der Waals surface area (Å²) in [6.45, 7) is 13.6. The van der Waals surface area contributed by atoms with Crippen molar-refractivity contribution in [2.24, 2.45) is 11.7 Å². The van der Waals surface area contributed by atoms with Crippen LogP contribution in [0.2, 0.25) is 0 Å². The largest absolute Gasteiger partial charge is 0.465 e. The highest BCUT2D eigenvalue weighted by Crippen LogP contribution is 2.22. The first-order valence-corrected chi connectivity index (χ1v) is 26.3. The Morgan fingerprint density at radius 1 is 0.431 bits per heavy atom. The quantitative estimate of drug-likeness (QED) is 0.0486. The normalized spacial score (nSPS) is 11.7. The van der Waals surface area contributed by atoms with Crippen LogP contribution in [0.25, 0.3) is 0 Å². The van der Waals surface area contributed by atoms with Crippen LogP contribution in [0.1, 0.15) is 278 Å². The molecule has 0 aliphatic heterocycles. The summed E-state index contributed by atoms with van der Waals surface area (Å²) in [6.07, 6.45) is 47.0. The Kier molecular flexibility index (Phi) is 46.0. The Morgan fingerprint density at radius 3 is 1.22 bits per heavy atom. The van der Waals surface area contributed by atoms with Crippen LogP contribution in [0.4, 0.5) is 0 Å². The maximum Gasteiger partial charge on any atom is 0.308 e. The average molecular weight is 821 g/mol. The number of unbranched alkanes of at least 4 members (excludes halogenated alkanes) is 28. The third-order valence-electron chi connectivity index (χ3n) is 12.4. The molecule has 0 rings (SSSR count). The molecule has 0 atom stereocenters. The van der Waals surface area contributed by atoms with Crippen LogP contribution in [0, 0.1) is 5.92 Å². The fraction of sp³-hybridized carbons (Fsp3) is 0.962. The summed E-state index contributed by atoms with van der Waals surface area (Å²) in [6, 6.07) is 0. The maximum atomic E-state index is 13.0. The van der Waals surface area contributed by atoms with Gasteiger partial charge in [-0.25, -0.2) is 0 Å². The van der Waals surface area contributed by atoms with Gasteiger partial charge in [-0.05, 0) is 77.3 Å². The molecule has 0 saturated carbocycles. The van der Waals surface area contributed by atoms with E-state index >= 15 is 0 Å². The van der Waals surface area contributed by atoms with Gasteiger partial charge in [0.25, 0.3) is 0 Å². The lowest BCUT2D eigenvalue weighted by Gasteiger charge is -2.21. The molecule has 0 bridgehead atoms. The predicted octanol–water partition coefficient (Wildman–Crippen LogP) is 15.6. The Bertz CT molecular complexity index is 806. The van der Waals surface area contributed by atoms with Crippen LogP contribution in [-0.4, -0.2) is 55.7 Å². The summed E-state index contributed by atoms with van der Waals surface area (Å²) in [4.78, 5) is 28.3. The van der Waals surface area contributed by atoms with E-state index in [2.05, 4.69) is 32.6 Å². The number of nitrogens with two attached hydrogens (primary N) is 1. The van der Waals surface area contributed by atoms with Crippen LogP contribution in [0.15, 0.2) is 0 Å². The van der Waals surface area contributed by atoms with Gasteiger partial charge in [0.05, 0.1) is 12.5 Å². The van der Waals surface area contributed by atoms with Gasteiger partial charge in [0, 0.05) is 19.5 Å². The molecule has 58 heavy (non-hydrogen) atoms. The molecule has 346 valence electrons. The summed E-state index contributed by atoms with van der Waals surface area (Å²) in [5.74, 6) is 0.207.